The van der Waals surface area contributed by atoms with Crippen LogP contribution < -0.4 is 14.8 Å². The lowest BCUT2D eigenvalue weighted by atomic mass is 10.1. The molecule has 170 valence electrons. The third kappa shape index (κ3) is 3.70. The average Bonchev–Trinajstić information content (AvgIpc) is 3.39. The predicted molar refractivity (Wildman–Crippen MR) is 137 cm³/mol. The maximum absolute atomic E-state index is 13.2. The molecule has 0 amide bonds. The number of non-ortho nitro benzene ring substituents is 1. The van der Waals surface area contributed by atoms with E-state index >= 15 is 0 Å². The van der Waals surface area contributed by atoms with Crippen molar-refractivity contribution in [1.82, 2.24) is 9.38 Å². The van der Waals surface area contributed by atoms with Gasteiger partial charge in [-0.2, -0.15) is 0 Å². The van der Waals surface area contributed by atoms with Gasteiger partial charge in [0.2, 0.25) is 0 Å². The SMILES string of the molecule is O=c1/c(=C/c2cc([N+](=O)[O-])ccc2OCc2cccc3ccccc23)sc2nc3ccccc3n12. The largest absolute Gasteiger partial charge is 0.488 e. The summed E-state index contributed by atoms with van der Waals surface area (Å²) in [7, 11) is 0. The molecule has 6 rings (SSSR count). The van der Waals surface area contributed by atoms with Crippen molar-refractivity contribution in [2.45, 2.75) is 6.61 Å². The van der Waals surface area contributed by atoms with E-state index in [0.29, 0.717) is 20.8 Å². The minimum atomic E-state index is -0.460. The zero-order chi connectivity index (χ0) is 23.9. The van der Waals surface area contributed by atoms with E-state index in [9.17, 15) is 14.9 Å². The van der Waals surface area contributed by atoms with Crippen molar-refractivity contribution < 1.29 is 9.66 Å². The van der Waals surface area contributed by atoms with Gasteiger partial charge in [-0.25, -0.2) is 9.38 Å². The number of para-hydroxylation sites is 2. The minimum Gasteiger partial charge on any atom is -0.488 e. The predicted octanol–water partition coefficient (Wildman–Crippen LogP) is 5.10. The second-order valence-corrected chi connectivity index (χ2v) is 9.05. The van der Waals surface area contributed by atoms with Crippen LogP contribution in [0.5, 0.6) is 5.75 Å². The van der Waals surface area contributed by atoms with Crippen LogP contribution in [0.25, 0.3) is 32.8 Å². The quantitative estimate of drug-likeness (QED) is 0.254. The molecule has 35 heavy (non-hydrogen) atoms. The second kappa shape index (κ2) is 8.34. The van der Waals surface area contributed by atoms with E-state index in [4.69, 9.17) is 4.74 Å². The van der Waals surface area contributed by atoms with Crippen molar-refractivity contribution in [2.75, 3.05) is 0 Å². The first-order chi connectivity index (χ1) is 17.1. The van der Waals surface area contributed by atoms with Crippen LogP contribution in [0.15, 0.2) is 89.7 Å². The van der Waals surface area contributed by atoms with Gasteiger partial charge in [-0.05, 0) is 40.6 Å². The number of ether oxygens (including phenoxy) is 1. The molecule has 0 fully saturated rings. The highest BCUT2D eigenvalue weighted by Crippen LogP contribution is 2.27. The molecule has 6 aromatic rings. The molecular weight excluding hydrogens is 462 g/mol. The van der Waals surface area contributed by atoms with Gasteiger partial charge in [-0.3, -0.25) is 14.9 Å². The number of nitro benzene ring substituents is 1. The molecule has 8 heteroatoms. The molecule has 0 aliphatic carbocycles. The van der Waals surface area contributed by atoms with E-state index in [0.717, 1.165) is 27.4 Å². The van der Waals surface area contributed by atoms with Crippen LogP contribution in [0.1, 0.15) is 11.1 Å². The molecular formula is C27H17N3O4S. The Morgan fingerprint density at radius 1 is 1.00 bits per heavy atom. The van der Waals surface area contributed by atoms with Crippen molar-refractivity contribution in [3.8, 4) is 5.75 Å². The normalized spacial score (nSPS) is 12.1. The molecule has 4 aromatic carbocycles. The number of fused-ring (bicyclic) bond motifs is 4. The zero-order valence-corrected chi connectivity index (χ0v) is 19.1. The molecule has 0 aliphatic heterocycles. The molecule has 0 unspecified atom stereocenters. The number of rotatable bonds is 5. The molecule has 2 heterocycles. The summed E-state index contributed by atoms with van der Waals surface area (Å²) in [6.45, 7) is 0.280. The number of hydrogen-bond acceptors (Lipinski definition) is 6. The first-order valence-electron chi connectivity index (χ1n) is 10.9. The van der Waals surface area contributed by atoms with Crippen LogP contribution >= 0.6 is 11.3 Å². The van der Waals surface area contributed by atoms with Gasteiger partial charge in [0.25, 0.3) is 11.2 Å². The van der Waals surface area contributed by atoms with E-state index in [2.05, 4.69) is 4.98 Å². The number of aromatic nitrogens is 2. The van der Waals surface area contributed by atoms with Gasteiger partial charge in [0.05, 0.1) is 20.5 Å². The Kier molecular flexibility index (Phi) is 5.00. The summed E-state index contributed by atoms with van der Waals surface area (Å²) < 4.78 is 8.12. The number of nitro groups is 1. The highest BCUT2D eigenvalue weighted by Gasteiger charge is 2.14. The Morgan fingerprint density at radius 3 is 2.69 bits per heavy atom. The molecule has 0 saturated heterocycles. The maximum atomic E-state index is 13.2. The topological polar surface area (TPSA) is 86.7 Å². The Morgan fingerprint density at radius 2 is 1.80 bits per heavy atom. The van der Waals surface area contributed by atoms with Crippen molar-refractivity contribution >= 4 is 49.9 Å². The van der Waals surface area contributed by atoms with Gasteiger partial charge in [-0.1, -0.05) is 65.9 Å². The fourth-order valence-electron chi connectivity index (χ4n) is 4.22. The van der Waals surface area contributed by atoms with E-state index in [1.54, 1.807) is 16.5 Å². The maximum Gasteiger partial charge on any atom is 0.274 e. The lowest BCUT2D eigenvalue weighted by molar-refractivity contribution is -0.384. The van der Waals surface area contributed by atoms with Gasteiger partial charge < -0.3 is 4.74 Å². The highest BCUT2D eigenvalue weighted by atomic mass is 32.1. The molecule has 0 aliphatic rings. The molecule has 0 saturated carbocycles. The van der Waals surface area contributed by atoms with Gasteiger partial charge in [0, 0.05) is 17.7 Å². The standard InChI is InChI=1S/C27H17N3O4S/c31-26-25(35-27-28-22-10-3-4-11-23(22)29(26)27)15-19-14-20(30(32)33)12-13-24(19)34-16-18-8-5-7-17-6-1-2-9-21(17)18/h1-15H,16H2/b25-15-. The molecule has 7 nitrogen and oxygen atoms in total. The summed E-state index contributed by atoms with van der Waals surface area (Å²) in [6.07, 6.45) is 1.64. The number of nitrogens with zero attached hydrogens (tertiary/aromatic N) is 3. The first-order valence-corrected chi connectivity index (χ1v) is 11.7. The van der Waals surface area contributed by atoms with Crippen molar-refractivity contribution in [3.05, 3.63) is 121 Å². The summed E-state index contributed by atoms with van der Waals surface area (Å²) >= 11 is 1.24. The summed E-state index contributed by atoms with van der Waals surface area (Å²) in [6, 6.07) is 25.9. The minimum absolute atomic E-state index is 0.0759. The monoisotopic (exact) mass is 479 g/mol. The Bertz CT molecular complexity index is 1870. The molecule has 2 aromatic heterocycles. The van der Waals surface area contributed by atoms with Gasteiger partial charge >= 0.3 is 0 Å². The fourth-order valence-corrected chi connectivity index (χ4v) is 5.20. The molecule has 0 radical (unpaired) electrons. The molecule has 0 N–H and O–H groups in total. The van der Waals surface area contributed by atoms with E-state index in [1.807, 2.05) is 66.7 Å². The van der Waals surface area contributed by atoms with Gasteiger partial charge in [0.15, 0.2) is 4.96 Å². The van der Waals surface area contributed by atoms with Gasteiger partial charge in [0.1, 0.15) is 12.4 Å². The first kappa shape index (κ1) is 21.0. The van der Waals surface area contributed by atoms with Crippen molar-refractivity contribution in [1.29, 1.82) is 0 Å². The van der Waals surface area contributed by atoms with Crippen LogP contribution in [0, 0.1) is 10.1 Å². The second-order valence-electron chi connectivity index (χ2n) is 8.04. The summed E-state index contributed by atoms with van der Waals surface area (Å²) in [5, 5.41) is 13.6. The molecule has 0 atom stereocenters. The van der Waals surface area contributed by atoms with Crippen molar-refractivity contribution in [2.24, 2.45) is 0 Å². The summed E-state index contributed by atoms with van der Waals surface area (Å²) in [4.78, 5) is 29.3. The number of benzene rings is 4. The number of imidazole rings is 1. The van der Waals surface area contributed by atoms with Crippen LogP contribution in [-0.4, -0.2) is 14.3 Å². The smallest absolute Gasteiger partial charge is 0.274 e. The molecule has 0 bridgehead atoms. The number of hydrogen-bond donors (Lipinski definition) is 0. The van der Waals surface area contributed by atoms with Crippen LogP contribution in [0.4, 0.5) is 5.69 Å². The lowest BCUT2D eigenvalue weighted by Gasteiger charge is -2.11. The lowest BCUT2D eigenvalue weighted by Crippen LogP contribution is -2.22. The summed E-state index contributed by atoms with van der Waals surface area (Å²) in [5.41, 5.74) is 2.65. The van der Waals surface area contributed by atoms with E-state index in [-0.39, 0.29) is 17.9 Å². The number of thiazole rings is 1. The summed E-state index contributed by atoms with van der Waals surface area (Å²) in [5.74, 6) is 0.457. The van der Waals surface area contributed by atoms with E-state index in [1.165, 1.54) is 23.5 Å². The Balaban J connectivity index is 1.44. The third-order valence-corrected chi connectivity index (χ3v) is 6.87. The van der Waals surface area contributed by atoms with Crippen molar-refractivity contribution in [3.63, 3.8) is 0 Å². The average molecular weight is 480 g/mol. The van der Waals surface area contributed by atoms with Gasteiger partial charge in [-0.15, -0.1) is 0 Å². The third-order valence-electron chi connectivity index (χ3n) is 5.90. The Hall–Kier alpha value is -4.56. The van der Waals surface area contributed by atoms with Crippen LogP contribution in [0.2, 0.25) is 0 Å². The zero-order valence-electron chi connectivity index (χ0n) is 18.3. The van der Waals surface area contributed by atoms with E-state index < -0.39 is 4.92 Å². The Labute approximate surface area is 202 Å². The molecule has 0 spiro atoms. The van der Waals surface area contributed by atoms with Crippen LogP contribution in [0.3, 0.4) is 0 Å². The van der Waals surface area contributed by atoms with Crippen LogP contribution in [-0.2, 0) is 6.61 Å². The fraction of sp³-hybridized carbons (Fsp3) is 0.0370. The highest BCUT2D eigenvalue weighted by molar-refractivity contribution is 7.15.